The Kier molecular flexibility index (Phi) is 21.1. The van der Waals surface area contributed by atoms with Crippen molar-refractivity contribution in [2.45, 2.75) is 72.6 Å². The molecule has 0 fully saturated rings. The predicted molar refractivity (Wildman–Crippen MR) is 93.7 cm³/mol. The molecule has 0 aromatic rings. The maximum absolute atomic E-state index is 10.2. The van der Waals surface area contributed by atoms with Crippen molar-refractivity contribution in [2.24, 2.45) is 11.1 Å². The summed E-state index contributed by atoms with van der Waals surface area (Å²) in [7, 11) is 6.00. The van der Waals surface area contributed by atoms with Crippen LogP contribution in [0.15, 0.2) is 0 Å². The van der Waals surface area contributed by atoms with E-state index >= 15 is 0 Å². The Labute approximate surface area is 133 Å². The van der Waals surface area contributed by atoms with E-state index in [2.05, 4.69) is 27.7 Å². The average Bonchev–Trinajstić information content (AvgIpc) is 2.27. The van der Waals surface area contributed by atoms with E-state index in [-0.39, 0.29) is 0 Å². The summed E-state index contributed by atoms with van der Waals surface area (Å²) in [5.74, 6) is -0.675. The molecule has 0 bridgehead atoms. The summed E-state index contributed by atoms with van der Waals surface area (Å²) in [6.45, 7) is 9.61. The van der Waals surface area contributed by atoms with Crippen molar-refractivity contribution in [3.63, 3.8) is 0 Å². The molecule has 130 valence electrons. The molecule has 0 unspecified atom stereocenters. The number of unbranched alkanes of at least 4 members (excludes halogenated alkanes) is 3. The number of hydrogen-bond acceptors (Lipinski definition) is 3. The van der Waals surface area contributed by atoms with Crippen LogP contribution >= 0.6 is 0 Å². The molecule has 4 nitrogen and oxygen atoms in total. The first-order valence-corrected chi connectivity index (χ1v) is 8.09. The fraction of sp³-hybridized carbons (Fsp3) is 0.941. The molecule has 21 heavy (non-hydrogen) atoms. The molecule has 0 heterocycles. The van der Waals surface area contributed by atoms with Crippen LogP contribution in [-0.4, -0.2) is 43.7 Å². The molecule has 0 aromatic heterocycles. The molecule has 4 heteroatoms. The van der Waals surface area contributed by atoms with E-state index in [1.807, 2.05) is 26.0 Å². The highest BCUT2D eigenvalue weighted by Crippen LogP contribution is 2.22. The maximum atomic E-state index is 10.2. The van der Waals surface area contributed by atoms with E-state index in [9.17, 15) is 4.79 Å². The quantitative estimate of drug-likeness (QED) is 0.698. The summed E-state index contributed by atoms with van der Waals surface area (Å²) >= 11 is 0. The molecule has 0 aromatic carbocycles. The fourth-order valence-corrected chi connectivity index (χ4v) is 1.31. The molecule has 0 spiro atoms. The molecule has 0 aliphatic carbocycles. The number of carboxylic acids is 1. The summed E-state index contributed by atoms with van der Waals surface area (Å²) < 4.78 is 0. The van der Waals surface area contributed by atoms with Crippen LogP contribution in [0, 0.1) is 5.41 Å². The number of rotatable bonds is 7. The van der Waals surface area contributed by atoms with E-state index in [0.717, 1.165) is 25.8 Å². The van der Waals surface area contributed by atoms with Crippen LogP contribution in [-0.2, 0) is 4.79 Å². The lowest BCUT2D eigenvalue weighted by atomic mass is 9.89. The summed E-state index contributed by atoms with van der Waals surface area (Å²) in [6, 6.07) is 0. The molecule has 0 aliphatic heterocycles. The largest absolute Gasteiger partial charge is 0.481 e. The van der Waals surface area contributed by atoms with Gasteiger partial charge in [-0.15, -0.1) is 0 Å². The van der Waals surface area contributed by atoms with Crippen molar-refractivity contribution in [1.29, 1.82) is 0 Å². The van der Waals surface area contributed by atoms with E-state index in [4.69, 9.17) is 10.8 Å². The van der Waals surface area contributed by atoms with E-state index in [1.54, 1.807) is 0 Å². The molecular formula is C17H40N2O2. The second-order valence-corrected chi connectivity index (χ2v) is 7.00. The van der Waals surface area contributed by atoms with Crippen molar-refractivity contribution in [2.75, 3.05) is 27.7 Å². The number of nitrogens with zero attached hydrogens (tertiary/aromatic N) is 1. The molecule has 0 atom stereocenters. The lowest BCUT2D eigenvalue weighted by Crippen LogP contribution is -2.04. The zero-order valence-electron chi connectivity index (χ0n) is 15.5. The summed E-state index contributed by atoms with van der Waals surface area (Å²) in [5, 5.41) is 8.37. The highest BCUT2D eigenvalue weighted by Gasteiger charge is 2.08. The van der Waals surface area contributed by atoms with Crippen molar-refractivity contribution in [3.8, 4) is 0 Å². The van der Waals surface area contributed by atoms with Gasteiger partial charge in [-0.05, 0) is 52.4 Å². The normalized spacial score (nSPS) is 10.3. The summed E-state index contributed by atoms with van der Waals surface area (Å²) in [6.07, 6.45) is 6.92. The summed E-state index contributed by atoms with van der Waals surface area (Å²) in [5.41, 5.74) is 5.53. The van der Waals surface area contributed by atoms with Gasteiger partial charge in [0.05, 0.1) is 0 Å². The Bertz CT molecular complexity index is 207. The van der Waals surface area contributed by atoms with Crippen molar-refractivity contribution >= 4 is 5.97 Å². The lowest BCUT2D eigenvalue weighted by Gasteiger charge is -2.17. The van der Waals surface area contributed by atoms with Crippen molar-refractivity contribution in [1.82, 2.24) is 4.90 Å². The van der Waals surface area contributed by atoms with Crippen LogP contribution in [0.1, 0.15) is 72.6 Å². The molecule has 0 amide bonds. The second-order valence-electron chi connectivity index (χ2n) is 7.00. The number of carboxylic acid groups (broad SMARTS) is 1. The van der Waals surface area contributed by atoms with Gasteiger partial charge in [-0.3, -0.25) is 4.79 Å². The van der Waals surface area contributed by atoms with Gasteiger partial charge < -0.3 is 15.7 Å². The van der Waals surface area contributed by atoms with Crippen LogP contribution < -0.4 is 5.73 Å². The van der Waals surface area contributed by atoms with Crippen LogP contribution in [0.5, 0.6) is 0 Å². The van der Waals surface area contributed by atoms with Gasteiger partial charge in [0.2, 0.25) is 0 Å². The van der Waals surface area contributed by atoms with Crippen LogP contribution in [0.2, 0.25) is 0 Å². The molecular weight excluding hydrogens is 264 g/mol. The van der Waals surface area contributed by atoms with Gasteiger partial charge in [-0.25, -0.2) is 0 Å². The van der Waals surface area contributed by atoms with Gasteiger partial charge in [0.25, 0.3) is 0 Å². The topological polar surface area (TPSA) is 66.6 Å². The van der Waals surface area contributed by atoms with Gasteiger partial charge in [0.15, 0.2) is 0 Å². The molecule has 0 aliphatic rings. The first kappa shape index (κ1) is 25.3. The Morgan fingerprint density at radius 3 is 1.76 bits per heavy atom. The Hall–Kier alpha value is -0.610. The van der Waals surface area contributed by atoms with Crippen molar-refractivity contribution in [3.05, 3.63) is 0 Å². The smallest absolute Gasteiger partial charge is 0.303 e. The number of aliphatic carboxylic acids is 1. The first-order valence-electron chi connectivity index (χ1n) is 8.09. The van der Waals surface area contributed by atoms with E-state index < -0.39 is 5.97 Å². The minimum Gasteiger partial charge on any atom is -0.481 e. The molecule has 0 saturated heterocycles. The average molecular weight is 305 g/mol. The van der Waals surface area contributed by atoms with Gasteiger partial charge in [0.1, 0.15) is 0 Å². The van der Waals surface area contributed by atoms with Crippen molar-refractivity contribution < 1.29 is 9.90 Å². The summed E-state index contributed by atoms with van der Waals surface area (Å²) in [4.78, 5) is 12.2. The van der Waals surface area contributed by atoms with Gasteiger partial charge in [-0.1, -0.05) is 47.0 Å². The lowest BCUT2D eigenvalue weighted by molar-refractivity contribution is -0.137. The van der Waals surface area contributed by atoms with E-state index in [1.165, 1.54) is 19.3 Å². The van der Waals surface area contributed by atoms with Gasteiger partial charge in [0, 0.05) is 6.42 Å². The fourth-order valence-electron chi connectivity index (χ4n) is 1.31. The van der Waals surface area contributed by atoms with Crippen LogP contribution in [0.25, 0.3) is 0 Å². The zero-order valence-corrected chi connectivity index (χ0v) is 15.5. The number of nitrogens with two attached hydrogens (primary N) is 1. The van der Waals surface area contributed by atoms with Gasteiger partial charge in [-0.2, -0.15) is 0 Å². The minimum absolute atomic E-state index is 0.324. The highest BCUT2D eigenvalue weighted by molar-refractivity contribution is 5.66. The number of hydrogen-bond donors (Lipinski definition) is 2. The monoisotopic (exact) mass is 304 g/mol. The predicted octanol–water partition coefficient (Wildman–Crippen LogP) is 3.99. The van der Waals surface area contributed by atoms with Crippen LogP contribution in [0.3, 0.4) is 0 Å². The SMILES string of the molecule is CC(C)(C)CCCCCC(=O)O.CCCCN.CN(C)C. The third kappa shape index (κ3) is 54.3. The molecule has 3 N–H and O–H groups in total. The maximum Gasteiger partial charge on any atom is 0.303 e. The third-order valence-electron chi connectivity index (χ3n) is 2.38. The number of carbonyl (C=O) groups is 1. The van der Waals surface area contributed by atoms with Crippen LogP contribution in [0.4, 0.5) is 0 Å². The standard InChI is InChI=1S/C10H20O2.C4H11N.C3H9N/c1-10(2,3)8-6-4-5-7-9(11)12;1-2-3-4-5;1-4(2)3/h4-8H2,1-3H3,(H,11,12);2-5H2,1H3;1-3H3. The second kappa shape index (κ2) is 17.4. The first-order chi connectivity index (χ1) is 9.56. The Morgan fingerprint density at radius 2 is 1.52 bits per heavy atom. The third-order valence-corrected chi connectivity index (χ3v) is 2.38. The molecule has 0 saturated carbocycles. The van der Waals surface area contributed by atoms with E-state index in [0.29, 0.717) is 11.8 Å². The molecule has 0 radical (unpaired) electrons. The highest BCUT2D eigenvalue weighted by atomic mass is 16.4. The Balaban J connectivity index is -0.000000297. The zero-order chi connectivity index (χ0) is 17.3. The Morgan fingerprint density at radius 1 is 1.05 bits per heavy atom. The minimum atomic E-state index is -0.675. The molecule has 0 rings (SSSR count). The van der Waals surface area contributed by atoms with Gasteiger partial charge >= 0.3 is 5.97 Å².